The number of nitrogens with two attached hydrogens (primary N) is 1. The fraction of sp³-hybridized carbons (Fsp3) is 0.303. The van der Waals surface area contributed by atoms with Gasteiger partial charge in [0.05, 0.1) is 6.04 Å². The Kier molecular flexibility index (Phi) is 9.90. The van der Waals surface area contributed by atoms with Gasteiger partial charge in [-0.1, -0.05) is 96.6 Å². The molecule has 0 aliphatic heterocycles. The van der Waals surface area contributed by atoms with Crippen molar-refractivity contribution in [3.05, 3.63) is 119 Å². The van der Waals surface area contributed by atoms with Crippen molar-refractivity contribution < 1.29 is 4.79 Å². The number of hydrogen-bond acceptors (Lipinski definition) is 3. The number of hydrogen-bond donors (Lipinski definition) is 3. The second kappa shape index (κ2) is 13.8. The third-order valence-electron chi connectivity index (χ3n) is 6.94. The topological polar surface area (TPSA) is 70.4 Å². The highest BCUT2D eigenvalue weighted by molar-refractivity contribution is 5.86. The summed E-state index contributed by atoms with van der Waals surface area (Å²) in [6, 6.07) is 31.5. The van der Waals surface area contributed by atoms with Gasteiger partial charge in [-0.05, 0) is 66.3 Å². The number of amides is 2. The molecular weight excluding hydrogens is 468 g/mol. The minimum absolute atomic E-state index is 0.0497. The molecule has 0 fully saturated rings. The number of rotatable bonds is 12. The van der Waals surface area contributed by atoms with E-state index in [-0.39, 0.29) is 12.1 Å². The Bertz CT molecular complexity index is 1310. The molecule has 1 atom stereocenters. The van der Waals surface area contributed by atoms with E-state index in [0.717, 1.165) is 37.1 Å². The number of aryl methyl sites for hydroxylation is 1. The van der Waals surface area contributed by atoms with Gasteiger partial charge >= 0.3 is 6.03 Å². The summed E-state index contributed by atoms with van der Waals surface area (Å²) in [6.07, 6.45) is 1.78. The van der Waals surface area contributed by atoms with Crippen LogP contribution >= 0.6 is 0 Å². The van der Waals surface area contributed by atoms with E-state index in [2.05, 4.69) is 103 Å². The highest BCUT2D eigenvalue weighted by Crippen LogP contribution is 2.24. The number of urea groups is 1. The lowest BCUT2D eigenvalue weighted by atomic mass is 10.00. The molecule has 0 aliphatic carbocycles. The molecule has 198 valence electrons. The number of carbonyl (C=O) groups excluding carboxylic acids is 1. The molecule has 0 aliphatic rings. The van der Waals surface area contributed by atoms with E-state index in [1.165, 1.54) is 27.5 Å². The molecule has 0 aromatic heterocycles. The molecule has 5 heteroatoms. The number of fused-ring (bicyclic) bond motifs is 1. The van der Waals surface area contributed by atoms with E-state index in [0.29, 0.717) is 19.6 Å². The smallest absolute Gasteiger partial charge is 0.318 e. The molecule has 0 bridgehead atoms. The summed E-state index contributed by atoms with van der Waals surface area (Å²) in [4.78, 5) is 15.3. The maximum atomic E-state index is 13.4. The summed E-state index contributed by atoms with van der Waals surface area (Å²) in [5, 5.41) is 9.11. The average molecular weight is 509 g/mol. The van der Waals surface area contributed by atoms with Gasteiger partial charge in [-0.15, -0.1) is 0 Å². The zero-order chi connectivity index (χ0) is 26.7. The lowest BCUT2D eigenvalue weighted by molar-refractivity contribution is 0.191. The van der Waals surface area contributed by atoms with Crippen molar-refractivity contribution in [2.24, 2.45) is 5.73 Å². The SMILES string of the molecule is Cc1cccc(CNCc2ccc(CN(CCCCN)C(=O)N[C@@H](C)c3cccc4ccccc34)cc2)c1. The predicted molar refractivity (Wildman–Crippen MR) is 158 cm³/mol. The summed E-state index contributed by atoms with van der Waals surface area (Å²) in [7, 11) is 0. The Morgan fingerprint density at radius 1 is 0.842 bits per heavy atom. The molecule has 4 N–H and O–H groups in total. The Hall–Kier alpha value is -3.67. The number of nitrogens with one attached hydrogen (secondary N) is 2. The van der Waals surface area contributed by atoms with Crippen molar-refractivity contribution in [1.29, 1.82) is 0 Å². The van der Waals surface area contributed by atoms with Crippen molar-refractivity contribution in [3.63, 3.8) is 0 Å². The van der Waals surface area contributed by atoms with Crippen LogP contribution in [-0.2, 0) is 19.6 Å². The summed E-state index contributed by atoms with van der Waals surface area (Å²) >= 11 is 0. The molecule has 0 unspecified atom stereocenters. The Morgan fingerprint density at radius 2 is 1.55 bits per heavy atom. The van der Waals surface area contributed by atoms with Crippen molar-refractivity contribution >= 4 is 16.8 Å². The van der Waals surface area contributed by atoms with Crippen LogP contribution in [0.5, 0.6) is 0 Å². The number of carbonyl (C=O) groups is 1. The van der Waals surface area contributed by atoms with Crippen LogP contribution in [0.2, 0.25) is 0 Å². The molecule has 38 heavy (non-hydrogen) atoms. The van der Waals surface area contributed by atoms with E-state index in [1.807, 2.05) is 17.0 Å². The number of benzene rings is 4. The normalized spacial score (nSPS) is 11.9. The molecule has 5 nitrogen and oxygen atoms in total. The van der Waals surface area contributed by atoms with E-state index < -0.39 is 0 Å². The zero-order valence-electron chi connectivity index (χ0n) is 22.6. The second-order valence-corrected chi connectivity index (χ2v) is 10.1. The summed E-state index contributed by atoms with van der Waals surface area (Å²) in [5.74, 6) is 0. The minimum atomic E-state index is -0.104. The van der Waals surface area contributed by atoms with Crippen LogP contribution in [0.3, 0.4) is 0 Å². The van der Waals surface area contributed by atoms with Crippen molar-refractivity contribution in [2.45, 2.75) is 52.4 Å². The van der Waals surface area contributed by atoms with E-state index in [1.54, 1.807) is 0 Å². The van der Waals surface area contributed by atoms with Gasteiger partial charge in [0.2, 0.25) is 0 Å². The third-order valence-corrected chi connectivity index (χ3v) is 6.94. The van der Waals surface area contributed by atoms with Gasteiger partial charge < -0.3 is 21.3 Å². The maximum Gasteiger partial charge on any atom is 0.318 e. The predicted octanol–water partition coefficient (Wildman–Crippen LogP) is 6.45. The third kappa shape index (κ3) is 7.67. The van der Waals surface area contributed by atoms with Gasteiger partial charge in [-0.25, -0.2) is 4.79 Å². The molecule has 4 aromatic rings. The molecule has 0 saturated heterocycles. The fourth-order valence-corrected chi connectivity index (χ4v) is 4.84. The molecule has 0 heterocycles. The monoisotopic (exact) mass is 508 g/mol. The fourth-order valence-electron chi connectivity index (χ4n) is 4.84. The Balaban J connectivity index is 1.37. The molecular formula is C33H40N4O. The molecule has 0 spiro atoms. The summed E-state index contributed by atoms with van der Waals surface area (Å²) in [5.41, 5.74) is 11.8. The maximum absolute atomic E-state index is 13.4. The van der Waals surface area contributed by atoms with Crippen LogP contribution in [0.25, 0.3) is 10.8 Å². The quantitative estimate of drug-likeness (QED) is 0.193. The minimum Gasteiger partial charge on any atom is -0.331 e. The highest BCUT2D eigenvalue weighted by atomic mass is 16.2. The molecule has 0 radical (unpaired) electrons. The van der Waals surface area contributed by atoms with Gasteiger partial charge in [0, 0.05) is 26.2 Å². The summed E-state index contributed by atoms with van der Waals surface area (Å²) < 4.78 is 0. The van der Waals surface area contributed by atoms with E-state index >= 15 is 0 Å². The first-order chi connectivity index (χ1) is 18.5. The molecule has 2 amide bonds. The van der Waals surface area contributed by atoms with E-state index in [9.17, 15) is 4.79 Å². The van der Waals surface area contributed by atoms with Gasteiger partial charge in [0.25, 0.3) is 0 Å². The lowest BCUT2D eigenvalue weighted by Gasteiger charge is -2.26. The van der Waals surface area contributed by atoms with Gasteiger partial charge in [0.15, 0.2) is 0 Å². The highest BCUT2D eigenvalue weighted by Gasteiger charge is 2.18. The number of nitrogens with zero attached hydrogens (tertiary/aromatic N) is 1. The first-order valence-electron chi connectivity index (χ1n) is 13.6. The first-order valence-corrected chi connectivity index (χ1v) is 13.6. The van der Waals surface area contributed by atoms with Gasteiger partial charge in [-0.3, -0.25) is 0 Å². The molecule has 4 rings (SSSR count). The molecule has 4 aromatic carbocycles. The average Bonchev–Trinajstić information content (AvgIpc) is 2.93. The van der Waals surface area contributed by atoms with Crippen LogP contribution in [0.1, 0.15) is 53.6 Å². The van der Waals surface area contributed by atoms with Gasteiger partial charge in [-0.2, -0.15) is 0 Å². The van der Waals surface area contributed by atoms with Crippen LogP contribution in [0.4, 0.5) is 4.79 Å². The van der Waals surface area contributed by atoms with E-state index in [4.69, 9.17) is 5.73 Å². The first kappa shape index (κ1) is 27.4. The van der Waals surface area contributed by atoms with Gasteiger partial charge in [0.1, 0.15) is 0 Å². The number of unbranched alkanes of at least 4 members (excludes halogenated alkanes) is 1. The Morgan fingerprint density at radius 3 is 2.34 bits per heavy atom. The zero-order valence-corrected chi connectivity index (χ0v) is 22.6. The van der Waals surface area contributed by atoms with Crippen LogP contribution in [-0.4, -0.2) is 24.0 Å². The summed E-state index contributed by atoms with van der Waals surface area (Å²) in [6.45, 7) is 7.68. The van der Waals surface area contributed by atoms with Crippen LogP contribution in [0.15, 0.2) is 91.0 Å². The van der Waals surface area contributed by atoms with Crippen molar-refractivity contribution in [3.8, 4) is 0 Å². The standard InChI is InChI=1S/C33H40N4O/c1-25-9-7-10-29(21-25)23-35-22-27-15-17-28(18-16-27)24-37(20-6-5-19-34)33(38)36-26(2)31-14-8-12-30-11-3-4-13-32(30)31/h3-4,7-18,21,26,35H,5-6,19-20,22-24,34H2,1-2H3,(H,36,38)/t26-/m0/s1. The largest absolute Gasteiger partial charge is 0.331 e. The second-order valence-electron chi connectivity index (χ2n) is 10.1. The van der Waals surface area contributed by atoms with Crippen LogP contribution < -0.4 is 16.4 Å². The van der Waals surface area contributed by atoms with Crippen LogP contribution in [0, 0.1) is 6.92 Å². The van der Waals surface area contributed by atoms with Crippen molar-refractivity contribution in [1.82, 2.24) is 15.5 Å². The Labute approximate surface area is 227 Å². The van der Waals surface area contributed by atoms with Crippen molar-refractivity contribution in [2.75, 3.05) is 13.1 Å². The molecule has 0 saturated carbocycles. The lowest BCUT2D eigenvalue weighted by Crippen LogP contribution is -2.41.